The number of nitrogens with zero attached hydrogens (tertiary/aromatic N) is 4. The van der Waals surface area contributed by atoms with Gasteiger partial charge in [0.2, 0.25) is 5.89 Å². The predicted molar refractivity (Wildman–Crippen MR) is 87.8 cm³/mol. The average Bonchev–Trinajstić information content (AvgIpc) is 3.34. The van der Waals surface area contributed by atoms with Gasteiger partial charge in [0.1, 0.15) is 11.3 Å². The van der Waals surface area contributed by atoms with Crippen LogP contribution in [-0.4, -0.2) is 25.4 Å². The highest BCUT2D eigenvalue weighted by Gasteiger charge is 2.13. The lowest BCUT2D eigenvalue weighted by Gasteiger charge is -2.02. The standard InChI is InChI=1S/C16H13N5O2S/c22-16(12-9-17-14-5-1-2-6-21(12)14)18-10-13-19-15(23-20-13)8-11-4-3-7-24-11/h1-7,9H,8,10H2,(H,18,22). The fraction of sp³-hybridized carbons (Fsp3) is 0.125. The molecule has 0 fully saturated rings. The summed E-state index contributed by atoms with van der Waals surface area (Å²) < 4.78 is 6.94. The van der Waals surface area contributed by atoms with Crippen LogP contribution in [0, 0.1) is 0 Å². The van der Waals surface area contributed by atoms with Gasteiger partial charge in [-0.25, -0.2) is 4.98 Å². The van der Waals surface area contributed by atoms with E-state index >= 15 is 0 Å². The molecule has 7 nitrogen and oxygen atoms in total. The van der Waals surface area contributed by atoms with Crippen LogP contribution in [0.2, 0.25) is 0 Å². The molecule has 0 saturated carbocycles. The lowest BCUT2D eigenvalue weighted by atomic mass is 10.3. The largest absolute Gasteiger partial charge is 0.343 e. The van der Waals surface area contributed by atoms with Crippen LogP contribution in [0.25, 0.3) is 5.65 Å². The van der Waals surface area contributed by atoms with Gasteiger partial charge in [-0.2, -0.15) is 4.98 Å². The van der Waals surface area contributed by atoms with Crippen LogP contribution >= 0.6 is 11.3 Å². The van der Waals surface area contributed by atoms with E-state index in [-0.39, 0.29) is 12.5 Å². The van der Waals surface area contributed by atoms with Gasteiger partial charge in [-0.3, -0.25) is 9.20 Å². The summed E-state index contributed by atoms with van der Waals surface area (Å²) >= 11 is 1.64. The third-order valence-corrected chi connectivity index (χ3v) is 4.35. The van der Waals surface area contributed by atoms with Gasteiger partial charge in [0, 0.05) is 11.1 Å². The molecule has 0 aromatic carbocycles. The van der Waals surface area contributed by atoms with Gasteiger partial charge < -0.3 is 9.84 Å². The second kappa shape index (κ2) is 6.25. The summed E-state index contributed by atoms with van der Waals surface area (Å²) in [6.45, 7) is 0.201. The van der Waals surface area contributed by atoms with Gasteiger partial charge in [-0.1, -0.05) is 17.3 Å². The first kappa shape index (κ1) is 14.6. The lowest BCUT2D eigenvalue weighted by molar-refractivity contribution is 0.0943. The molecule has 1 N–H and O–H groups in total. The Morgan fingerprint density at radius 3 is 3.12 bits per heavy atom. The molecule has 0 atom stereocenters. The van der Waals surface area contributed by atoms with Crippen LogP contribution < -0.4 is 5.32 Å². The molecule has 4 aromatic rings. The van der Waals surface area contributed by atoms with Gasteiger partial charge in [0.25, 0.3) is 5.91 Å². The Balaban J connectivity index is 1.41. The number of hydrogen-bond donors (Lipinski definition) is 1. The molecule has 0 aliphatic heterocycles. The van der Waals surface area contributed by atoms with E-state index in [1.54, 1.807) is 28.1 Å². The first-order valence-corrected chi connectivity index (χ1v) is 8.22. The second-order valence-corrected chi connectivity index (χ2v) is 6.15. The Kier molecular flexibility index (Phi) is 3.80. The van der Waals surface area contributed by atoms with Crippen molar-refractivity contribution in [1.29, 1.82) is 0 Å². The minimum atomic E-state index is -0.238. The molecular weight excluding hydrogens is 326 g/mol. The molecule has 0 aliphatic carbocycles. The van der Waals surface area contributed by atoms with Crippen molar-refractivity contribution in [3.8, 4) is 0 Å². The van der Waals surface area contributed by atoms with E-state index in [2.05, 4.69) is 20.4 Å². The molecule has 1 amide bonds. The number of carbonyl (C=O) groups excluding carboxylic acids is 1. The number of nitrogens with one attached hydrogen (secondary N) is 1. The Morgan fingerprint density at radius 2 is 2.25 bits per heavy atom. The van der Waals surface area contributed by atoms with Crippen LogP contribution in [0.3, 0.4) is 0 Å². The number of thiophene rings is 1. The molecule has 0 unspecified atom stereocenters. The van der Waals surface area contributed by atoms with E-state index in [9.17, 15) is 4.79 Å². The third-order valence-electron chi connectivity index (χ3n) is 3.47. The average molecular weight is 339 g/mol. The van der Waals surface area contributed by atoms with Crippen molar-refractivity contribution in [3.05, 3.63) is 70.4 Å². The van der Waals surface area contributed by atoms with Crippen LogP contribution in [0.5, 0.6) is 0 Å². The predicted octanol–water partition coefficient (Wildman–Crippen LogP) is 2.30. The molecular formula is C16H13N5O2S. The Labute approximate surface area is 141 Å². The first-order chi connectivity index (χ1) is 11.8. The normalized spacial score (nSPS) is 11.0. The maximum atomic E-state index is 12.3. The summed E-state index contributed by atoms with van der Waals surface area (Å²) in [6.07, 6.45) is 3.94. The van der Waals surface area contributed by atoms with E-state index in [0.717, 1.165) is 10.5 Å². The SMILES string of the molecule is O=C(NCc1noc(Cc2cccs2)n1)c1cnc2ccccn12. The van der Waals surface area contributed by atoms with Gasteiger partial charge >= 0.3 is 0 Å². The van der Waals surface area contributed by atoms with Gasteiger partial charge in [-0.05, 0) is 23.6 Å². The topological polar surface area (TPSA) is 85.3 Å². The van der Waals surface area contributed by atoms with Crippen molar-refractivity contribution in [1.82, 2.24) is 24.8 Å². The highest BCUT2D eigenvalue weighted by molar-refractivity contribution is 7.09. The second-order valence-electron chi connectivity index (χ2n) is 5.12. The fourth-order valence-electron chi connectivity index (χ4n) is 2.35. The Hall–Kier alpha value is -3.00. The monoisotopic (exact) mass is 339 g/mol. The number of hydrogen-bond acceptors (Lipinski definition) is 6. The minimum absolute atomic E-state index is 0.201. The molecule has 8 heteroatoms. The fourth-order valence-corrected chi connectivity index (χ4v) is 3.04. The molecule has 0 spiro atoms. The number of rotatable bonds is 5. The highest BCUT2D eigenvalue weighted by Crippen LogP contribution is 2.13. The summed E-state index contributed by atoms with van der Waals surface area (Å²) in [6, 6.07) is 9.56. The summed E-state index contributed by atoms with van der Waals surface area (Å²) in [5.74, 6) is 0.749. The molecule has 0 aliphatic rings. The number of amides is 1. The van der Waals surface area contributed by atoms with E-state index in [1.807, 2.05) is 35.7 Å². The molecule has 0 bridgehead atoms. The van der Waals surface area contributed by atoms with Crippen molar-refractivity contribution in [2.75, 3.05) is 0 Å². The van der Waals surface area contributed by atoms with Crippen molar-refractivity contribution in [2.24, 2.45) is 0 Å². The van der Waals surface area contributed by atoms with Gasteiger partial charge in [-0.15, -0.1) is 11.3 Å². The van der Waals surface area contributed by atoms with Crippen molar-refractivity contribution >= 4 is 22.9 Å². The zero-order valence-corrected chi connectivity index (χ0v) is 13.4. The lowest BCUT2D eigenvalue weighted by Crippen LogP contribution is -2.24. The minimum Gasteiger partial charge on any atom is -0.343 e. The van der Waals surface area contributed by atoms with E-state index in [0.29, 0.717) is 23.8 Å². The summed E-state index contributed by atoms with van der Waals surface area (Å²) in [5.41, 5.74) is 1.19. The van der Waals surface area contributed by atoms with Crippen molar-refractivity contribution in [2.45, 2.75) is 13.0 Å². The maximum absolute atomic E-state index is 12.3. The van der Waals surface area contributed by atoms with Gasteiger partial charge in [0.15, 0.2) is 5.82 Å². The number of carbonyl (C=O) groups is 1. The number of fused-ring (bicyclic) bond motifs is 1. The first-order valence-electron chi connectivity index (χ1n) is 7.34. The molecule has 0 saturated heterocycles. The summed E-state index contributed by atoms with van der Waals surface area (Å²) in [5, 5.41) is 8.68. The van der Waals surface area contributed by atoms with E-state index in [1.165, 1.54) is 0 Å². The molecule has 24 heavy (non-hydrogen) atoms. The smallest absolute Gasteiger partial charge is 0.270 e. The number of aromatic nitrogens is 4. The Morgan fingerprint density at radius 1 is 1.29 bits per heavy atom. The van der Waals surface area contributed by atoms with Crippen LogP contribution in [0.1, 0.15) is 27.1 Å². The third kappa shape index (κ3) is 2.91. The van der Waals surface area contributed by atoms with Crippen LogP contribution in [0.4, 0.5) is 0 Å². The number of pyridine rings is 1. The quantitative estimate of drug-likeness (QED) is 0.603. The Bertz CT molecular complexity index is 973. The maximum Gasteiger partial charge on any atom is 0.270 e. The molecule has 4 rings (SSSR count). The summed E-state index contributed by atoms with van der Waals surface area (Å²) in [4.78, 5) is 21.9. The zero-order valence-electron chi connectivity index (χ0n) is 12.5. The number of imidazole rings is 1. The highest BCUT2D eigenvalue weighted by atomic mass is 32.1. The molecule has 4 heterocycles. The van der Waals surface area contributed by atoms with Crippen molar-refractivity contribution in [3.63, 3.8) is 0 Å². The van der Waals surface area contributed by atoms with Gasteiger partial charge in [0.05, 0.1) is 19.2 Å². The molecule has 0 radical (unpaired) electrons. The summed E-state index contributed by atoms with van der Waals surface area (Å²) in [7, 11) is 0. The van der Waals surface area contributed by atoms with E-state index in [4.69, 9.17) is 4.52 Å². The van der Waals surface area contributed by atoms with E-state index < -0.39 is 0 Å². The molecule has 120 valence electrons. The van der Waals surface area contributed by atoms with Crippen LogP contribution in [0.15, 0.2) is 52.6 Å². The molecule has 4 aromatic heterocycles. The van der Waals surface area contributed by atoms with Crippen molar-refractivity contribution < 1.29 is 9.32 Å². The zero-order chi connectivity index (χ0) is 16.4. The van der Waals surface area contributed by atoms with Crippen LogP contribution in [-0.2, 0) is 13.0 Å².